The van der Waals surface area contributed by atoms with Crippen LogP contribution in [0.25, 0.3) is 0 Å². The molecule has 2 rings (SSSR count). The van der Waals surface area contributed by atoms with Crippen LogP contribution in [0.1, 0.15) is 5.56 Å². The molecule has 0 bridgehead atoms. The van der Waals surface area contributed by atoms with Gasteiger partial charge >= 0.3 is 0 Å². The summed E-state index contributed by atoms with van der Waals surface area (Å²) in [4.78, 5) is -0.0493. The van der Waals surface area contributed by atoms with Crippen molar-refractivity contribution in [2.75, 3.05) is 20.0 Å². The first-order valence-corrected chi connectivity index (χ1v) is 7.48. The Morgan fingerprint density at radius 2 is 1.95 bits per heavy atom. The van der Waals surface area contributed by atoms with Crippen LogP contribution < -0.4 is 19.9 Å². The number of anilines is 1. The monoisotopic (exact) mass is 312 g/mol. The first-order valence-electron chi connectivity index (χ1n) is 6.00. The van der Waals surface area contributed by atoms with Gasteiger partial charge in [-0.25, -0.2) is 13.1 Å². The predicted octanol–water partition coefficient (Wildman–Crippen LogP) is 1.36. The fraction of sp³-hybridized carbons (Fsp3) is 0.231. The van der Waals surface area contributed by atoms with E-state index in [4.69, 9.17) is 19.6 Å². The molecule has 2 aromatic rings. The first kappa shape index (κ1) is 15.2. The van der Waals surface area contributed by atoms with Gasteiger partial charge in [-0.3, -0.25) is 0 Å². The molecule has 1 heterocycles. The molecule has 0 aliphatic heterocycles. The summed E-state index contributed by atoms with van der Waals surface area (Å²) in [5.41, 5.74) is 6.67. The molecule has 0 radical (unpaired) electrons. The molecule has 21 heavy (non-hydrogen) atoms. The zero-order valence-electron chi connectivity index (χ0n) is 11.6. The minimum atomic E-state index is -3.78. The van der Waals surface area contributed by atoms with Crippen molar-refractivity contribution in [3.8, 4) is 11.5 Å². The number of methoxy groups -OCH3 is 2. The number of nitrogens with one attached hydrogen (secondary N) is 1. The zero-order valence-corrected chi connectivity index (χ0v) is 12.4. The molecule has 0 amide bonds. The van der Waals surface area contributed by atoms with Crippen molar-refractivity contribution in [1.29, 1.82) is 0 Å². The second-order valence-corrected chi connectivity index (χ2v) is 5.94. The Kier molecular flexibility index (Phi) is 4.39. The highest BCUT2D eigenvalue weighted by atomic mass is 32.2. The molecular formula is C13H16N2O5S. The second-order valence-electron chi connectivity index (χ2n) is 4.20. The van der Waals surface area contributed by atoms with Gasteiger partial charge in [0.25, 0.3) is 0 Å². The van der Waals surface area contributed by atoms with Gasteiger partial charge in [-0.15, -0.1) is 0 Å². The van der Waals surface area contributed by atoms with E-state index in [2.05, 4.69) is 4.72 Å². The summed E-state index contributed by atoms with van der Waals surface area (Å²) in [5.74, 6) is 0.501. The summed E-state index contributed by atoms with van der Waals surface area (Å²) >= 11 is 0. The number of nitrogen functional groups attached to an aromatic ring is 1. The van der Waals surface area contributed by atoms with Crippen LogP contribution in [0.3, 0.4) is 0 Å². The highest BCUT2D eigenvalue weighted by Crippen LogP contribution is 2.33. The van der Waals surface area contributed by atoms with Crippen LogP contribution in [-0.4, -0.2) is 22.6 Å². The normalized spacial score (nSPS) is 11.3. The summed E-state index contributed by atoms with van der Waals surface area (Å²) in [6, 6.07) is 4.40. The van der Waals surface area contributed by atoms with Crippen molar-refractivity contribution in [2.24, 2.45) is 0 Å². The largest absolute Gasteiger partial charge is 0.495 e. The number of furan rings is 1. The molecular weight excluding hydrogens is 296 g/mol. The molecule has 1 aromatic carbocycles. The molecule has 0 saturated carbocycles. The SMILES string of the molecule is COc1cc(OC)c(S(=O)(=O)NCc2ccoc2)cc1N. The first-order chi connectivity index (χ1) is 9.97. The van der Waals surface area contributed by atoms with Gasteiger partial charge in [-0.05, 0) is 12.1 Å². The minimum Gasteiger partial charge on any atom is -0.495 e. The van der Waals surface area contributed by atoms with Gasteiger partial charge in [0.15, 0.2) is 0 Å². The highest BCUT2D eigenvalue weighted by molar-refractivity contribution is 7.89. The minimum absolute atomic E-state index is 0.0493. The highest BCUT2D eigenvalue weighted by Gasteiger charge is 2.21. The number of ether oxygens (including phenoxy) is 2. The number of hydrogen-bond acceptors (Lipinski definition) is 6. The van der Waals surface area contributed by atoms with Gasteiger partial charge in [0.05, 0.1) is 32.4 Å². The molecule has 0 saturated heterocycles. The van der Waals surface area contributed by atoms with Crippen LogP contribution in [0.2, 0.25) is 0 Å². The lowest BCUT2D eigenvalue weighted by Crippen LogP contribution is -2.23. The zero-order chi connectivity index (χ0) is 15.5. The molecule has 0 aliphatic carbocycles. The Balaban J connectivity index is 2.32. The van der Waals surface area contributed by atoms with Gasteiger partial charge in [-0.2, -0.15) is 0 Å². The van der Waals surface area contributed by atoms with E-state index in [1.165, 1.54) is 38.9 Å². The third-order valence-electron chi connectivity index (χ3n) is 2.85. The smallest absolute Gasteiger partial charge is 0.244 e. The van der Waals surface area contributed by atoms with E-state index >= 15 is 0 Å². The maximum Gasteiger partial charge on any atom is 0.244 e. The Morgan fingerprint density at radius 3 is 2.52 bits per heavy atom. The number of rotatable bonds is 6. The fourth-order valence-corrected chi connectivity index (χ4v) is 2.95. The Morgan fingerprint density at radius 1 is 1.24 bits per heavy atom. The van der Waals surface area contributed by atoms with Crippen molar-refractivity contribution < 1.29 is 22.3 Å². The average Bonchev–Trinajstić information content (AvgIpc) is 2.98. The molecule has 0 aliphatic rings. The van der Waals surface area contributed by atoms with Crippen molar-refractivity contribution in [2.45, 2.75) is 11.4 Å². The quantitative estimate of drug-likeness (QED) is 0.780. The topological polar surface area (TPSA) is 104 Å². The number of hydrogen-bond donors (Lipinski definition) is 2. The van der Waals surface area contributed by atoms with Crippen molar-refractivity contribution in [3.05, 3.63) is 36.3 Å². The number of benzene rings is 1. The van der Waals surface area contributed by atoms with Crippen LogP contribution in [0.5, 0.6) is 11.5 Å². The van der Waals surface area contributed by atoms with Crippen LogP contribution in [0.15, 0.2) is 40.0 Å². The van der Waals surface area contributed by atoms with Gasteiger partial charge in [0.2, 0.25) is 10.0 Å². The average molecular weight is 312 g/mol. The lowest BCUT2D eigenvalue weighted by molar-refractivity contribution is 0.387. The van der Waals surface area contributed by atoms with Gasteiger partial charge in [0.1, 0.15) is 16.4 Å². The van der Waals surface area contributed by atoms with E-state index in [9.17, 15) is 8.42 Å². The lowest BCUT2D eigenvalue weighted by Gasteiger charge is -2.13. The van der Waals surface area contributed by atoms with Crippen LogP contribution >= 0.6 is 0 Å². The Bertz CT molecular complexity index is 710. The third-order valence-corrected chi connectivity index (χ3v) is 4.27. The van der Waals surface area contributed by atoms with E-state index in [0.717, 1.165) is 0 Å². The van der Waals surface area contributed by atoms with Gasteiger partial charge < -0.3 is 19.6 Å². The van der Waals surface area contributed by atoms with Crippen molar-refractivity contribution >= 4 is 15.7 Å². The summed E-state index contributed by atoms with van der Waals surface area (Å²) < 4.78 is 42.2. The Hall–Kier alpha value is -2.19. The van der Waals surface area contributed by atoms with Gasteiger partial charge in [0, 0.05) is 18.2 Å². The maximum atomic E-state index is 12.3. The maximum absolute atomic E-state index is 12.3. The molecule has 8 heteroatoms. The van der Waals surface area contributed by atoms with Gasteiger partial charge in [-0.1, -0.05) is 0 Å². The Labute approximate surface area is 122 Å². The standard InChI is InChI=1S/C13H16N2O5S/c1-18-11-6-12(19-2)13(5-10(11)14)21(16,17)15-7-9-3-4-20-8-9/h3-6,8,15H,7,14H2,1-2H3. The van der Waals surface area contributed by atoms with Crippen molar-refractivity contribution in [3.63, 3.8) is 0 Å². The second kappa shape index (κ2) is 6.06. The number of sulfonamides is 1. The van der Waals surface area contributed by atoms with E-state index in [1.54, 1.807) is 6.07 Å². The van der Waals surface area contributed by atoms with Crippen LogP contribution in [0.4, 0.5) is 5.69 Å². The molecule has 1 aromatic heterocycles. The molecule has 0 unspecified atom stereocenters. The number of nitrogens with two attached hydrogens (primary N) is 1. The van der Waals surface area contributed by atoms with E-state index in [0.29, 0.717) is 11.3 Å². The lowest BCUT2D eigenvalue weighted by atomic mass is 10.3. The molecule has 3 N–H and O–H groups in total. The van der Waals surface area contributed by atoms with Crippen LogP contribution in [0, 0.1) is 0 Å². The van der Waals surface area contributed by atoms with Crippen LogP contribution in [-0.2, 0) is 16.6 Å². The summed E-state index contributed by atoms with van der Waals surface area (Å²) in [7, 11) is -0.963. The summed E-state index contributed by atoms with van der Waals surface area (Å²) in [6.45, 7) is 0.105. The van der Waals surface area contributed by atoms with E-state index in [-0.39, 0.29) is 22.9 Å². The van der Waals surface area contributed by atoms with Crippen molar-refractivity contribution in [1.82, 2.24) is 4.72 Å². The molecule has 7 nitrogen and oxygen atoms in total. The molecule has 0 atom stereocenters. The van der Waals surface area contributed by atoms with E-state index in [1.807, 2.05) is 0 Å². The van der Waals surface area contributed by atoms with E-state index < -0.39 is 10.0 Å². The fourth-order valence-electron chi connectivity index (χ4n) is 1.75. The molecule has 0 fully saturated rings. The predicted molar refractivity (Wildman–Crippen MR) is 76.7 cm³/mol. The summed E-state index contributed by atoms with van der Waals surface area (Å²) in [5, 5.41) is 0. The molecule has 114 valence electrons. The molecule has 0 spiro atoms. The summed E-state index contributed by atoms with van der Waals surface area (Å²) in [6.07, 6.45) is 2.93. The third kappa shape index (κ3) is 3.29.